The van der Waals surface area contributed by atoms with Gasteiger partial charge in [0.2, 0.25) is 0 Å². The Morgan fingerprint density at radius 3 is 0.667 bits per heavy atom. The van der Waals surface area contributed by atoms with E-state index in [0.717, 1.165) is 0 Å². The molecule has 0 rings (SSSR count). The van der Waals surface area contributed by atoms with Crippen molar-refractivity contribution in [1.29, 1.82) is 0 Å². The van der Waals surface area contributed by atoms with Crippen molar-refractivity contribution in [2.24, 2.45) is 0 Å². The number of halogens is 4. The van der Waals surface area contributed by atoms with Crippen LogP contribution in [0.1, 0.15) is 0 Å². The third-order valence-corrected chi connectivity index (χ3v) is 1.41. The number of rotatable bonds is 8. The number of hydrogen-bond donors (Lipinski definition) is 9. The van der Waals surface area contributed by atoms with E-state index in [4.69, 9.17) is 71.7 Å². The van der Waals surface area contributed by atoms with Crippen molar-refractivity contribution in [3.63, 3.8) is 0 Å². The Morgan fingerprint density at radius 1 is 0.556 bits per heavy atom. The normalized spacial score (nSPS) is 7.44. The number of nitrogens with one attached hydrogen (secondary N) is 4. The van der Waals surface area contributed by atoms with Gasteiger partial charge < -0.3 is 24.6 Å². The number of hydrogen-bond acceptors (Lipinski definition) is 9. The van der Waals surface area contributed by atoms with Gasteiger partial charge in [-0.15, -0.1) is 0 Å². The van der Waals surface area contributed by atoms with Crippen LogP contribution >= 0.6 is 47.1 Å². The van der Waals surface area contributed by atoms with Crippen LogP contribution in [-0.4, -0.2) is 91.3 Å². The molecule has 27 heavy (non-hydrogen) atoms. The monoisotopic (exact) mass is 572 g/mol. The van der Waals surface area contributed by atoms with Gasteiger partial charge in [0.25, 0.3) is 0 Å². The zero-order valence-corrected chi connectivity index (χ0v) is 21.2. The van der Waals surface area contributed by atoms with Crippen molar-refractivity contribution < 1.29 is 70.0 Å². The maximum absolute atomic E-state index is 9.45. The van der Waals surface area contributed by atoms with E-state index in [-0.39, 0.29) is 52.4 Å². The van der Waals surface area contributed by atoms with Crippen molar-refractivity contribution in [1.82, 2.24) is 19.3 Å². The van der Waals surface area contributed by atoms with Gasteiger partial charge >= 0.3 is 40.5 Å². The average Bonchev–Trinajstić information content (AvgIpc) is 2.50. The first kappa shape index (κ1) is 41.6. The van der Waals surface area contributed by atoms with Crippen molar-refractivity contribution >= 4 is 87.6 Å². The van der Waals surface area contributed by atoms with Gasteiger partial charge in [-0.3, -0.25) is 19.2 Å². The molecule has 0 aromatic heterocycles. The average molecular weight is 575 g/mol. The quantitative estimate of drug-likeness (QED) is 0.111. The van der Waals surface area contributed by atoms with Gasteiger partial charge in [-0.1, -0.05) is 0 Å². The van der Waals surface area contributed by atoms with Crippen LogP contribution < -0.4 is 19.3 Å². The van der Waals surface area contributed by atoms with Crippen molar-refractivity contribution in [2.75, 3.05) is 26.2 Å². The number of carboxylic acids is 4. The molecule has 13 nitrogen and oxygen atoms in total. The fourth-order valence-electron chi connectivity index (χ4n) is 0.229. The molecule has 0 saturated carbocycles. The van der Waals surface area contributed by atoms with Crippen molar-refractivity contribution in [3.05, 3.63) is 0 Å². The maximum Gasteiger partial charge on any atom is 0.407 e. The summed E-state index contributed by atoms with van der Waals surface area (Å²) in [5, 5.41) is 31.1. The molecule has 0 aliphatic carbocycles. The van der Waals surface area contributed by atoms with Gasteiger partial charge in [0.1, 0.15) is 26.2 Å². The zero-order valence-electron chi connectivity index (χ0n) is 13.7. The Morgan fingerprint density at radius 2 is 0.667 bits per heavy atom. The Kier molecular flexibility index (Phi) is 62.9. The topological polar surface area (TPSA) is 218 Å². The Bertz CT molecular complexity index is 300. The minimum atomic E-state index is -0.954. The summed E-state index contributed by atoms with van der Waals surface area (Å²) >= 11 is 19.4. The summed E-state index contributed by atoms with van der Waals surface area (Å²) in [7, 11) is 0. The molecule has 0 fully saturated rings. The molecule has 0 aromatic carbocycles. The molecule has 160 valence electrons. The van der Waals surface area contributed by atoms with Crippen LogP contribution in [0.2, 0.25) is 0 Å². The van der Waals surface area contributed by atoms with Gasteiger partial charge in [0, 0.05) is 26.2 Å². The molecule has 0 amide bonds. The third-order valence-electron chi connectivity index (χ3n) is 0.872. The molecule has 0 atom stereocenters. The van der Waals surface area contributed by atoms with E-state index < -0.39 is 23.9 Å². The molecule has 0 aliphatic rings. The van der Waals surface area contributed by atoms with E-state index in [2.05, 4.69) is 0 Å². The smallest absolute Gasteiger partial charge is 0.407 e. The Hall–Kier alpha value is 0.256. The predicted octanol–water partition coefficient (Wildman–Crippen LogP) is -2.22. The van der Waals surface area contributed by atoms with Crippen LogP contribution in [-0.2, 0) is 45.4 Å². The van der Waals surface area contributed by atoms with Gasteiger partial charge in [0.15, 0.2) is 0 Å². The Balaban J connectivity index is -0.0000000521. The molecule has 0 heterocycles. The second kappa shape index (κ2) is 40.8. The summed E-state index contributed by atoms with van der Waals surface area (Å²) in [6, 6.07) is 0. The summed E-state index contributed by atoms with van der Waals surface area (Å²) in [5.74, 6) is -3.81. The van der Waals surface area contributed by atoms with Crippen LogP contribution in [0.15, 0.2) is 0 Å². The van der Waals surface area contributed by atoms with Gasteiger partial charge in [-0.25, -0.2) is 19.3 Å². The summed E-state index contributed by atoms with van der Waals surface area (Å²) in [6.07, 6.45) is 0. The van der Waals surface area contributed by atoms with E-state index in [9.17, 15) is 19.2 Å². The van der Waals surface area contributed by atoms with E-state index in [1.54, 1.807) is 0 Å². The number of carbonyl (C=O) groups is 4. The SMILES string of the molecule is O=C(O)CNCl.O=C(O)CNCl.O=C(O)CNCl.O=C(O)CNCl.[OH][AlH2].[Zr]. The molecule has 0 aromatic rings. The molecule has 0 bridgehead atoms. The van der Waals surface area contributed by atoms with Crippen molar-refractivity contribution in [3.8, 4) is 0 Å². The van der Waals surface area contributed by atoms with Crippen molar-refractivity contribution in [2.45, 2.75) is 0 Å². The molecule has 0 spiro atoms. The second-order valence-electron chi connectivity index (χ2n) is 2.82. The molecular formula is C8H19AlCl4N4O9Zr. The third kappa shape index (κ3) is 103. The first-order valence-electron chi connectivity index (χ1n) is 5.74. The molecule has 0 aliphatic heterocycles. The molecule has 9 N–H and O–H groups in total. The largest absolute Gasteiger partial charge is 0.521 e. The molecule has 0 saturated heterocycles. The van der Waals surface area contributed by atoms with E-state index in [1.165, 1.54) is 0 Å². The fourth-order valence-corrected chi connectivity index (χ4v) is 0.686. The summed E-state index contributed by atoms with van der Waals surface area (Å²) in [5.41, 5.74) is 0. The standard InChI is InChI=1S/4C2H4ClNO2.Al.H2O.Zr.2H/c4*3-4-1-2(5)6;;;;;/h4*4H,1H2,(H,5,6);;1H2;;;/q;;;;+1;;;;/p-1. The van der Waals surface area contributed by atoms with Gasteiger partial charge in [-0.05, 0) is 47.1 Å². The number of carboxylic acid groups (broad SMARTS) is 4. The molecule has 0 radical (unpaired) electrons. The van der Waals surface area contributed by atoms with E-state index in [0.29, 0.717) is 16.6 Å². The maximum atomic E-state index is 9.45. The zero-order chi connectivity index (χ0) is 22.0. The van der Waals surface area contributed by atoms with E-state index in [1.807, 2.05) is 19.3 Å². The molecular weight excluding hydrogens is 556 g/mol. The van der Waals surface area contributed by atoms with Gasteiger partial charge in [-0.2, -0.15) is 0 Å². The fraction of sp³-hybridized carbons (Fsp3) is 0.500. The predicted molar refractivity (Wildman–Crippen MR) is 96.7 cm³/mol. The van der Waals surface area contributed by atoms with E-state index >= 15 is 0 Å². The second-order valence-corrected chi connectivity index (χ2v) is 3.89. The minimum absolute atomic E-state index is 0. The van der Waals surface area contributed by atoms with Crippen LogP contribution in [0.3, 0.4) is 0 Å². The summed E-state index contributed by atoms with van der Waals surface area (Å²) in [6.45, 7) is -0.772. The summed E-state index contributed by atoms with van der Waals surface area (Å²) in [4.78, 5) is 45.6. The van der Waals surface area contributed by atoms with Crippen LogP contribution in [0.4, 0.5) is 0 Å². The van der Waals surface area contributed by atoms with Gasteiger partial charge in [0.05, 0.1) is 0 Å². The molecule has 19 heteroatoms. The van der Waals surface area contributed by atoms with Crippen LogP contribution in [0.25, 0.3) is 0 Å². The summed E-state index contributed by atoms with van der Waals surface area (Å²) < 4.78 is 7.14. The Labute approximate surface area is 202 Å². The first-order chi connectivity index (χ1) is 12.1. The van der Waals surface area contributed by atoms with Crippen LogP contribution in [0.5, 0.6) is 0 Å². The molecule has 0 unspecified atom stereocenters. The minimum Gasteiger partial charge on any atom is -0.521 e. The first-order valence-corrected chi connectivity index (χ1v) is 8.15. The van der Waals surface area contributed by atoms with Crippen LogP contribution in [0, 0.1) is 0 Å². The number of aliphatic carboxylic acids is 4.